The molecule has 3 aromatic rings. The van der Waals surface area contributed by atoms with Crippen molar-refractivity contribution >= 4 is 29.2 Å². The number of fused-ring (bicyclic) bond motifs is 1. The van der Waals surface area contributed by atoms with Gasteiger partial charge in [0.2, 0.25) is 5.88 Å². The molecule has 172 valence electrons. The quantitative estimate of drug-likeness (QED) is 0.356. The van der Waals surface area contributed by atoms with Crippen LogP contribution >= 0.6 is 23.2 Å². The molecule has 6 nitrogen and oxygen atoms in total. The zero-order chi connectivity index (χ0) is 24.4. The van der Waals surface area contributed by atoms with Gasteiger partial charge in [-0.15, -0.1) is 0 Å². The molecule has 1 aliphatic heterocycles. The van der Waals surface area contributed by atoms with Crippen molar-refractivity contribution in [3.05, 3.63) is 99.1 Å². The molecule has 0 amide bonds. The number of carbonyl (C=O) groups is 1. The van der Waals surface area contributed by atoms with Crippen molar-refractivity contribution in [1.82, 2.24) is 0 Å². The predicted octanol–water partition coefficient (Wildman–Crippen LogP) is 5.72. The number of hydrogen-bond donors (Lipinski definition) is 1. The fourth-order valence-electron chi connectivity index (χ4n) is 3.53. The van der Waals surface area contributed by atoms with Gasteiger partial charge in [0.1, 0.15) is 23.1 Å². The Morgan fingerprint density at radius 3 is 2.59 bits per heavy atom. The first kappa shape index (κ1) is 23.4. The van der Waals surface area contributed by atoms with E-state index in [1.165, 1.54) is 31.2 Å². The van der Waals surface area contributed by atoms with E-state index in [1.54, 1.807) is 36.4 Å². The Labute approximate surface area is 204 Å². The lowest BCUT2D eigenvalue weighted by Crippen LogP contribution is -2.29. The number of allylic oxidation sites excluding steroid dienone is 1. The van der Waals surface area contributed by atoms with E-state index in [4.69, 9.17) is 43.1 Å². The van der Waals surface area contributed by atoms with Gasteiger partial charge in [-0.1, -0.05) is 47.5 Å². The largest absolute Gasteiger partial charge is 0.476 e. The molecule has 0 aliphatic carbocycles. The summed E-state index contributed by atoms with van der Waals surface area (Å²) in [4.78, 5) is 12.5. The van der Waals surface area contributed by atoms with Crippen LogP contribution in [0.15, 0.2) is 72.1 Å². The Hall–Kier alpha value is -3.73. The highest BCUT2D eigenvalue weighted by atomic mass is 35.5. The highest BCUT2D eigenvalue weighted by Gasteiger charge is 2.32. The van der Waals surface area contributed by atoms with E-state index in [0.717, 1.165) is 0 Å². The van der Waals surface area contributed by atoms with Crippen molar-refractivity contribution in [1.29, 1.82) is 5.26 Å². The second kappa shape index (κ2) is 9.64. The normalized spacial score (nSPS) is 15.6. The summed E-state index contributed by atoms with van der Waals surface area (Å²) < 4.78 is 30.2. The highest BCUT2D eigenvalue weighted by Crippen LogP contribution is 2.45. The first-order chi connectivity index (χ1) is 16.3. The Kier molecular flexibility index (Phi) is 6.64. The van der Waals surface area contributed by atoms with E-state index >= 15 is 0 Å². The van der Waals surface area contributed by atoms with E-state index in [9.17, 15) is 14.4 Å². The molecule has 34 heavy (non-hydrogen) atoms. The summed E-state index contributed by atoms with van der Waals surface area (Å²) in [5.74, 6) is -1.64. The zero-order valence-corrected chi connectivity index (χ0v) is 19.2. The zero-order valence-electron chi connectivity index (χ0n) is 17.7. The van der Waals surface area contributed by atoms with E-state index in [0.29, 0.717) is 26.9 Å². The Morgan fingerprint density at radius 1 is 1.15 bits per heavy atom. The van der Waals surface area contributed by atoms with E-state index < -0.39 is 23.8 Å². The molecule has 1 aliphatic rings. The Morgan fingerprint density at radius 2 is 1.88 bits per heavy atom. The maximum Gasteiger partial charge on any atom is 0.352 e. The fraction of sp³-hybridized carbons (Fsp3) is 0.120. The molecule has 2 unspecified atom stereocenters. The van der Waals surface area contributed by atoms with Gasteiger partial charge in [-0.2, -0.15) is 5.26 Å². The number of carbonyl (C=O) groups excluding carboxylic acids is 1. The number of nitriles is 1. The molecule has 4 rings (SSSR count). The van der Waals surface area contributed by atoms with Gasteiger partial charge in [0.05, 0.1) is 5.92 Å². The van der Waals surface area contributed by atoms with Gasteiger partial charge in [-0.05, 0) is 42.8 Å². The van der Waals surface area contributed by atoms with Crippen molar-refractivity contribution in [3.63, 3.8) is 0 Å². The van der Waals surface area contributed by atoms with Gasteiger partial charge >= 0.3 is 5.97 Å². The number of hydrogen-bond acceptors (Lipinski definition) is 6. The second-order valence-corrected chi connectivity index (χ2v) is 8.25. The number of esters is 1. The average Bonchev–Trinajstić information content (AvgIpc) is 2.80. The molecule has 0 fully saturated rings. The Bertz CT molecular complexity index is 1350. The highest BCUT2D eigenvalue weighted by molar-refractivity contribution is 6.35. The maximum absolute atomic E-state index is 13.8. The molecule has 0 aromatic heterocycles. The van der Waals surface area contributed by atoms with Gasteiger partial charge in [-0.25, -0.2) is 9.18 Å². The average molecular weight is 499 g/mol. The van der Waals surface area contributed by atoms with Gasteiger partial charge in [0, 0.05) is 21.7 Å². The summed E-state index contributed by atoms with van der Waals surface area (Å²) in [6.45, 7) is 1.45. The molecule has 2 atom stereocenters. The monoisotopic (exact) mass is 498 g/mol. The summed E-state index contributed by atoms with van der Waals surface area (Å²) in [6.07, 6.45) is -1.08. The van der Waals surface area contributed by atoms with Crippen LogP contribution < -0.4 is 19.9 Å². The van der Waals surface area contributed by atoms with Crippen LogP contribution in [0.1, 0.15) is 24.0 Å². The van der Waals surface area contributed by atoms with Crippen molar-refractivity contribution in [3.8, 4) is 23.3 Å². The van der Waals surface area contributed by atoms with Gasteiger partial charge in [-0.3, -0.25) is 0 Å². The molecule has 0 bridgehead atoms. The Balaban J connectivity index is 1.61. The number of nitrogens with zero attached hydrogens (tertiary/aromatic N) is 1. The molecule has 0 saturated carbocycles. The molecular formula is C25H17Cl2FN2O4. The smallest absolute Gasteiger partial charge is 0.352 e. The molecule has 0 saturated heterocycles. The lowest BCUT2D eigenvalue weighted by Gasteiger charge is -2.27. The van der Waals surface area contributed by atoms with Crippen molar-refractivity contribution < 1.29 is 23.4 Å². The van der Waals surface area contributed by atoms with Crippen LogP contribution in [0, 0.1) is 17.1 Å². The van der Waals surface area contributed by atoms with Crippen LogP contribution in [-0.2, 0) is 4.79 Å². The van der Waals surface area contributed by atoms with Crippen molar-refractivity contribution in [2.45, 2.75) is 18.9 Å². The fourth-order valence-corrected chi connectivity index (χ4v) is 4.05. The summed E-state index contributed by atoms with van der Waals surface area (Å²) >= 11 is 12.4. The molecule has 9 heteroatoms. The lowest BCUT2D eigenvalue weighted by molar-refractivity contribution is -0.141. The first-order valence-electron chi connectivity index (χ1n) is 10.1. The number of benzene rings is 3. The standard InChI is InChI=1S/C25H17Cl2FN2O4/c1-13(32-21-5-3-2-4-20(21)28)25(31)33-15-7-9-17-22(11-15)34-24(30)18(12-29)23(17)16-8-6-14(26)10-19(16)27/h2-11,13,23H,30H2,1H3. The summed E-state index contributed by atoms with van der Waals surface area (Å²) in [6, 6.07) is 17.4. The lowest BCUT2D eigenvalue weighted by atomic mass is 9.83. The van der Waals surface area contributed by atoms with Gasteiger partial charge in [0.25, 0.3) is 0 Å². The molecule has 2 N–H and O–H groups in total. The minimum Gasteiger partial charge on any atom is -0.476 e. The van der Waals surface area contributed by atoms with Crippen molar-refractivity contribution in [2.24, 2.45) is 5.73 Å². The number of para-hydroxylation sites is 1. The summed E-state index contributed by atoms with van der Waals surface area (Å²) in [7, 11) is 0. The number of rotatable bonds is 5. The number of halogens is 3. The summed E-state index contributed by atoms with van der Waals surface area (Å²) in [5.41, 5.74) is 7.42. The number of ether oxygens (including phenoxy) is 3. The van der Waals surface area contributed by atoms with Crippen LogP contribution in [0.25, 0.3) is 0 Å². The minimum atomic E-state index is -1.08. The van der Waals surface area contributed by atoms with Gasteiger partial charge < -0.3 is 19.9 Å². The van der Waals surface area contributed by atoms with Gasteiger partial charge in [0.15, 0.2) is 17.7 Å². The molecule has 0 spiro atoms. The topological polar surface area (TPSA) is 94.6 Å². The molecule has 1 heterocycles. The van der Waals surface area contributed by atoms with Crippen LogP contribution in [0.4, 0.5) is 4.39 Å². The SMILES string of the molecule is CC(Oc1ccccc1F)C(=O)Oc1ccc2c(c1)OC(N)=C(C#N)C2c1ccc(Cl)cc1Cl. The van der Waals surface area contributed by atoms with Crippen LogP contribution in [-0.4, -0.2) is 12.1 Å². The molecular weight excluding hydrogens is 482 g/mol. The third-order valence-electron chi connectivity index (χ3n) is 5.15. The van der Waals surface area contributed by atoms with Crippen molar-refractivity contribution in [2.75, 3.05) is 0 Å². The van der Waals surface area contributed by atoms with E-state index in [2.05, 4.69) is 6.07 Å². The van der Waals surface area contributed by atoms with E-state index in [-0.39, 0.29) is 23.0 Å². The van der Waals surface area contributed by atoms with Crippen LogP contribution in [0.5, 0.6) is 17.2 Å². The minimum absolute atomic E-state index is 0.0645. The predicted molar refractivity (Wildman–Crippen MR) is 124 cm³/mol. The van der Waals surface area contributed by atoms with E-state index in [1.807, 2.05) is 0 Å². The number of nitrogens with two attached hydrogens (primary N) is 1. The first-order valence-corrected chi connectivity index (χ1v) is 10.8. The van der Waals surface area contributed by atoms with Crippen LogP contribution in [0.3, 0.4) is 0 Å². The summed E-state index contributed by atoms with van der Waals surface area (Å²) in [5, 5.41) is 10.5. The molecule has 0 radical (unpaired) electrons. The third-order valence-corrected chi connectivity index (χ3v) is 5.72. The maximum atomic E-state index is 13.8. The molecule has 3 aromatic carbocycles. The van der Waals surface area contributed by atoms with Crippen LogP contribution in [0.2, 0.25) is 10.0 Å². The second-order valence-electron chi connectivity index (χ2n) is 7.40. The third kappa shape index (κ3) is 4.65.